The van der Waals surface area contributed by atoms with Crippen LogP contribution in [0.25, 0.3) is 33.4 Å². The SMILES string of the molecule is O=C(O)c1ccc(-c2c3ccc(=[N+]4CCNCC4)cc-3oc3cc(N4CCN(CCC(F)(F)F)CC4)ccc23)cc1. The van der Waals surface area contributed by atoms with E-state index in [9.17, 15) is 23.1 Å². The molecule has 4 aliphatic rings. The number of anilines is 1. The van der Waals surface area contributed by atoms with E-state index in [-0.39, 0.29) is 12.1 Å². The van der Waals surface area contributed by atoms with Gasteiger partial charge >= 0.3 is 12.1 Å². The molecule has 6 rings (SSSR count). The first-order valence-corrected chi connectivity index (χ1v) is 13.9. The third kappa shape index (κ3) is 5.94. The molecule has 0 bridgehead atoms. The highest BCUT2D eigenvalue weighted by Crippen LogP contribution is 2.41. The predicted molar refractivity (Wildman–Crippen MR) is 152 cm³/mol. The summed E-state index contributed by atoms with van der Waals surface area (Å²) < 4.78 is 46.9. The summed E-state index contributed by atoms with van der Waals surface area (Å²) in [6.07, 6.45) is -4.93. The Morgan fingerprint density at radius 2 is 1.68 bits per heavy atom. The highest BCUT2D eigenvalue weighted by atomic mass is 19.4. The zero-order valence-electron chi connectivity index (χ0n) is 22.6. The van der Waals surface area contributed by atoms with Crippen molar-refractivity contribution in [3.8, 4) is 22.5 Å². The van der Waals surface area contributed by atoms with Crippen molar-refractivity contribution in [1.82, 2.24) is 14.8 Å². The van der Waals surface area contributed by atoms with Crippen molar-refractivity contribution in [1.29, 1.82) is 0 Å². The molecule has 2 N–H and O–H groups in total. The van der Waals surface area contributed by atoms with Gasteiger partial charge in [0.05, 0.1) is 31.1 Å². The minimum absolute atomic E-state index is 0.0236. The van der Waals surface area contributed by atoms with E-state index >= 15 is 0 Å². The zero-order chi connectivity index (χ0) is 28.6. The molecular weight excluding hydrogens is 533 g/mol. The molecule has 2 aromatic rings. The third-order valence-corrected chi connectivity index (χ3v) is 8.04. The Morgan fingerprint density at radius 3 is 2.37 bits per heavy atom. The third-order valence-electron chi connectivity index (χ3n) is 8.04. The minimum Gasteiger partial charge on any atom is -0.478 e. The number of fused-ring (bicyclic) bond motifs is 2. The summed E-state index contributed by atoms with van der Waals surface area (Å²) in [4.78, 5) is 15.5. The van der Waals surface area contributed by atoms with Gasteiger partial charge in [0.2, 0.25) is 5.36 Å². The maximum Gasteiger partial charge on any atom is 0.390 e. The van der Waals surface area contributed by atoms with Crippen molar-refractivity contribution in [2.75, 3.05) is 63.8 Å². The fraction of sp³-hybridized carbons (Fsp3) is 0.355. The number of benzene rings is 3. The number of carboxylic acids is 1. The van der Waals surface area contributed by atoms with Gasteiger partial charge in [0, 0.05) is 67.1 Å². The van der Waals surface area contributed by atoms with E-state index in [1.165, 1.54) is 0 Å². The van der Waals surface area contributed by atoms with Gasteiger partial charge in [-0.1, -0.05) is 12.1 Å². The largest absolute Gasteiger partial charge is 0.478 e. The van der Waals surface area contributed by atoms with Crippen LogP contribution in [-0.2, 0) is 0 Å². The van der Waals surface area contributed by atoms with Crippen LogP contribution in [0.2, 0.25) is 0 Å². The Labute approximate surface area is 235 Å². The van der Waals surface area contributed by atoms with Gasteiger partial charge in [-0.2, -0.15) is 13.2 Å². The Morgan fingerprint density at radius 1 is 0.951 bits per heavy atom. The number of halogens is 3. The van der Waals surface area contributed by atoms with Gasteiger partial charge in [-0.15, -0.1) is 0 Å². The van der Waals surface area contributed by atoms with Gasteiger partial charge in [0.1, 0.15) is 11.3 Å². The molecule has 10 heteroatoms. The van der Waals surface area contributed by atoms with Crippen LogP contribution in [0.15, 0.2) is 65.1 Å². The number of carbonyl (C=O) groups is 1. The molecule has 3 aliphatic heterocycles. The molecule has 0 spiro atoms. The average molecular weight is 566 g/mol. The number of hydrogen-bond acceptors (Lipinski definition) is 5. The standard InChI is InChI=1S/C31H31F3N4O3/c32-31(33,34)9-12-36-15-17-38(18-16-36)24-6-8-26-28(20-24)41-27-19-23(37-13-10-35-11-14-37)5-7-25(27)29(26)21-1-3-22(4-2-21)30(39)40/h1-8,19-20,35H,9-18H2/p+1. The predicted octanol–water partition coefficient (Wildman–Crippen LogP) is 4.35. The second kappa shape index (κ2) is 11.2. The zero-order valence-corrected chi connectivity index (χ0v) is 22.6. The van der Waals surface area contributed by atoms with Crippen LogP contribution < -0.4 is 20.1 Å². The van der Waals surface area contributed by atoms with Crippen LogP contribution >= 0.6 is 0 Å². The quantitative estimate of drug-likeness (QED) is 0.277. The molecule has 2 aromatic carbocycles. The smallest absolute Gasteiger partial charge is 0.390 e. The fourth-order valence-electron chi connectivity index (χ4n) is 5.79. The lowest BCUT2D eigenvalue weighted by atomic mass is 9.93. The molecule has 0 amide bonds. The molecule has 7 nitrogen and oxygen atoms in total. The highest BCUT2D eigenvalue weighted by Gasteiger charge is 2.29. The van der Waals surface area contributed by atoms with E-state index < -0.39 is 18.6 Å². The molecule has 0 unspecified atom stereocenters. The van der Waals surface area contributed by atoms with Crippen molar-refractivity contribution >= 4 is 22.6 Å². The summed E-state index contributed by atoms with van der Waals surface area (Å²) in [5.74, 6) is -0.238. The molecule has 0 saturated carbocycles. The van der Waals surface area contributed by atoms with Gasteiger partial charge in [-0.05, 0) is 35.9 Å². The summed E-state index contributed by atoms with van der Waals surface area (Å²) in [5, 5.41) is 14.8. The van der Waals surface area contributed by atoms with Gasteiger partial charge in [-0.3, -0.25) is 4.90 Å². The van der Waals surface area contributed by atoms with Crippen molar-refractivity contribution in [3.63, 3.8) is 0 Å². The number of nitrogens with zero attached hydrogens (tertiary/aromatic N) is 3. The Balaban J connectivity index is 1.40. The molecule has 41 heavy (non-hydrogen) atoms. The van der Waals surface area contributed by atoms with Crippen molar-refractivity contribution in [2.45, 2.75) is 12.6 Å². The van der Waals surface area contributed by atoms with Gasteiger partial charge in [0.15, 0.2) is 13.1 Å². The number of piperazine rings is 2. The number of aromatic carboxylic acids is 1. The van der Waals surface area contributed by atoms with E-state index in [0.717, 1.165) is 65.1 Å². The van der Waals surface area contributed by atoms with E-state index in [1.54, 1.807) is 12.1 Å². The Bertz CT molecular complexity index is 1600. The monoisotopic (exact) mass is 565 g/mol. The summed E-state index contributed by atoms with van der Waals surface area (Å²) in [5.41, 5.74) is 4.67. The normalized spacial score (nSPS) is 17.0. The average Bonchev–Trinajstić information content (AvgIpc) is 2.98. The van der Waals surface area contributed by atoms with Crippen molar-refractivity contribution < 1.29 is 27.5 Å². The number of alkyl halides is 3. The lowest BCUT2D eigenvalue weighted by Gasteiger charge is -2.36. The van der Waals surface area contributed by atoms with Crippen LogP contribution in [0, 0.1) is 0 Å². The van der Waals surface area contributed by atoms with Gasteiger partial charge in [-0.25, -0.2) is 9.37 Å². The van der Waals surface area contributed by atoms with Crippen LogP contribution in [0.4, 0.5) is 18.9 Å². The molecule has 0 aromatic heterocycles. The molecule has 3 heterocycles. The maximum atomic E-state index is 12.7. The van der Waals surface area contributed by atoms with Crippen LogP contribution in [-0.4, -0.2) is 81.1 Å². The summed E-state index contributed by atoms with van der Waals surface area (Å²) in [6.45, 7) is 6.07. The number of hydrogen-bond donors (Lipinski definition) is 2. The Hall–Kier alpha value is -3.89. The molecular formula is C31H32F3N4O3+. The summed E-state index contributed by atoms with van der Waals surface area (Å²) >= 11 is 0. The Kier molecular flexibility index (Phi) is 7.44. The van der Waals surface area contributed by atoms with E-state index in [1.807, 2.05) is 35.2 Å². The van der Waals surface area contributed by atoms with E-state index in [2.05, 4.69) is 33.0 Å². The van der Waals surface area contributed by atoms with E-state index in [0.29, 0.717) is 31.8 Å². The second-order valence-electron chi connectivity index (χ2n) is 10.7. The fourth-order valence-corrected chi connectivity index (χ4v) is 5.79. The van der Waals surface area contributed by atoms with Gasteiger partial charge in [0.25, 0.3) is 0 Å². The van der Waals surface area contributed by atoms with Crippen LogP contribution in [0.1, 0.15) is 16.8 Å². The topological polar surface area (TPSA) is 72.0 Å². The summed E-state index contributed by atoms with van der Waals surface area (Å²) in [6, 6.07) is 19.2. The van der Waals surface area contributed by atoms with Gasteiger partial charge < -0.3 is 19.7 Å². The molecule has 0 radical (unpaired) electrons. The lowest BCUT2D eigenvalue weighted by Crippen LogP contribution is -2.47. The maximum absolute atomic E-state index is 12.7. The first kappa shape index (κ1) is 27.3. The minimum atomic E-state index is -4.14. The number of carboxylic acid groups (broad SMARTS) is 1. The second-order valence-corrected chi connectivity index (χ2v) is 10.7. The van der Waals surface area contributed by atoms with Crippen LogP contribution in [0.5, 0.6) is 0 Å². The highest BCUT2D eigenvalue weighted by molar-refractivity contribution is 6.03. The lowest BCUT2D eigenvalue weighted by molar-refractivity contribution is -0.138. The first-order valence-electron chi connectivity index (χ1n) is 13.9. The molecule has 1 aliphatic carbocycles. The first-order chi connectivity index (χ1) is 19.7. The number of rotatable bonds is 5. The van der Waals surface area contributed by atoms with Crippen molar-refractivity contribution in [3.05, 3.63) is 71.6 Å². The van der Waals surface area contributed by atoms with E-state index in [4.69, 9.17) is 4.42 Å². The molecule has 2 fully saturated rings. The summed E-state index contributed by atoms with van der Waals surface area (Å²) in [7, 11) is 0. The van der Waals surface area contributed by atoms with Crippen LogP contribution in [0.3, 0.4) is 0 Å². The molecule has 214 valence electrons. The molecule has 2 saturated heterocycles. The number of nitrogens with one attached hydrogen (secondary N) is 1. The van der Waals surface area contributed by atoms with Crippen molar-refractivity contribution in [2.24, 2.45) is 0 Å². The molecule has 0 atom stereocenters.